The summed E-state index contributed by atoms with van der Waals surface area (Å²) in [5, 5.41) is 8.57. The third kappa shape index (κ3) is 2.83. The summed E-state index contributed by atoms with van der Waals surface area (Å²) >= 11 is 0. The number of likely N-dealkylation sites (tertiary alicyclic amines) is 1. The Morgan fingerprint density at radius 3 is 2.76 bits per heavy atom. The molecule has 1 amide bonds. The van der Waals surface area contributed by atoms with Gasteiger partial charge in [0, 0.05) is 31.6 Å². The van der Waals surface area contributed by atoms with Gasteiger partial charge in [0.05, 0.1) is 11.7 Å². The van der Waals surface area contributed by atoms with Gasteiger partial charge in [-0.1, -0.05) is 18.1 Å². The fraction of sp³-hybridized carbons (Fsp3) is 0.812. The summed E-state index contributed by atoms with van der Waals surface area (Å²) in [7, 11) is 0. The van der Waals surface area contributed by atoms with Crippen LogP contribution >= 0.6 is 0 Å². The maximum Gasteiger partial charge on any atom is 0.222 e. The zero-order valence-electron chi connectivity index (χ0n) is 12.6. The minimum absolute atomic E-state index is 0.331. The average molecular weight is 288 g/mol. The molecule has 114 valence electrons. The molecule has 1 aromatic heterocycles. The van der Waals surface area contributed by atoms with Crippen molar-refractivity contribution < 1.29 is 4.79 Å². The van der Waals surface area contributed by atoms with Gasteiger partial charge in [-0.25, -0.2) is 4.68 Å². The molecular formula is C16H24N4O. The Morgan fingerprint density at radius 2 is 2.00 bits per heavy atom. The molecule has 5 heteroatoms. The Labute approximate surface area is 125 Å². The number of amides is 1. The van der Waals surface area contributed by atoms with Crippen LogP contribution in [0.5, 0.6) is 0 Å². The highest BCUT2D eigenvalue weighted by Crippen LogP contribution is 2.39. The molecule has 3 fully saturated rings. The van der Waals surface area contributed by atoms with Gasteiger partial charge in [-0.3, -0.25) is 4.79 Å². The summed E-state index contributed by atoms with van der Waals surface area (Å²) in [6.07, 6.45) is 11.5. The molecule has 0 radical (unpaired) electrons. The van der Waals surface area contributed by atoms with Crippen LogP contribution in [-0.4, -0.2) is 38.9 Å². The van der Waals surface area contributed by atoms with E-state index in [0.29, 0.717) is 23.8 Å². The van der Waals surface area contributed by atoms with E-state index in [1.54, 1.807) is 0 Å². The van der Waals surface area contributed by atoms with E-state index in [1.807, 2.05) is 9.58 Å². The summed E-state index contributed by atoms with van der Waals surface area (Å²) in [5.41, 5.74) is 1.14. The second-order valence-electron chi connectivity index (χ2n) is 7.03. The molecule has 0 bridgehead atoms. The Bertz CT molecular complexity index is 516. The first-order valence-electron chi connectivity index (χ1n) is 8.49. The Kier molecular flexibility index (Phi) is 3.43. The zero-order valence-corrected chi connectivity index (χ0v) is 12.6. The highest BCUT2D eigenvalue weighted by molar-refractivity contribution is 5.76. The number of nitrogens with zero attached hydrogens (tertiary/aromatic N) is 4. The lowest BCUT2D eigenvalue weighted by molar-refractivity contribution is -0.131. The second kappa shape index (κ2) is 5.43. The summed E-state index contributed by atoms with van der Waals surface area (Å²) in [6, 6.07) is 0.331. The predicted molar refractivity (Wildman–Crippen MR) is 78.8 cm³/mol. The van der Waals surface area contributed by atoms with Crippen molar-refractivity contribution in [2.45, 2.75) is 63.3 Å². The van der Waals surface area contributed by atoms with Crippen LogP contribution in [0.2, 0.25) is 0 Å². The van der Waals surface area contributed by atoms with Gasteiger partial charge in [0.25, 0.3) is 0 Å². The van der Waals surface area contributed by atoms with E-state index in [1.165, 1.54) is 38.5 Å². The Morgan fingerprint density at radius 1 is 1.19 bits per heavy atom. The Hall–Kier alpha value is -1.39. The maximum atomic E-state index is 12.4. The molecule has 1 aliphatic heterocycles. The van der Waals surface area contributed by atoms with Crippen LogP contribution in [0.3, 0.4) is 0 Å². The van der Waals surface area contributed by atoms with E-state index in [2.05, 4.69) is 16.5 Å². The SMILES string of the molecule is O=C(CC1CCCC1)N1CC[C@@H](n2cc(C3CC3)nn2)C1. The first-order chi connectivity index (χ1) is 10.3. The largest absolute Gasteiger partial charge is 0.340 e. The van der Waals surface area contributed by atoms with E-state index in [0.717, 1.165) is 31.6 Å². The van der Waals surface area contributed by atoms with Gasteiger partial charge in [0.15, 0.2) is 0 Å². The molecule has 1 atom stereocenters. The molecule has 3 aliphatic rings. The van der Waals surface area contributed by atoms with Crippen molar-refractivity contribution in [2.24, 2.45) is 5.92 Å². The fourth-order valence-corrected chi connectivity index (χ4v) is 3.81. The van der Waals surface area contributed by atoms with Crippen molar-refractivity contribution in [3.8, 4) is 0 Å². The van der Waals surface area contributed by atoms with Crippen molar-refractivity contribution in [2.75, 3.05) is 13.1 Å². The van der Waals surface area contributed by atoms with Crippen molar-refractivity contribution in [3.63, 3.8) is 0 Å². The van der Waals surface area contributed by atoms with Crippen LogP contribution in [0.4, 0.5) is 0 Å². The minimum atomic E-state index is 0.331. The molecule has 2 saturated carbocycles. The molecule has 5 nitrogen and oxygen atoms in total. The first kappa shape index (κ1) is 13.3. The molecular weight excluding hydrogens is 264 g/mol. The van der Waals surface area contributed by atoms with Crippen LogP contribution in [0.25, 0.3) is 0 Å². The topological polar surface area (TPSA) is 51.0 Å². The zero-order chi connectivity index (χ0) is 14.2. The summed E-state index contributed by atoms with van der Waals surface area (Å²) in [5.74, 6) is 1.65. The van der Waals surface area contributed by atoms with E-state index < -0.39 is 0 Å². The number of rotatable bonds is 4. The molecule has 0 N–H and O–H groups in total. The predicted octanol–water partition coefficient (Wildman–Crippen LogP) is 2.51. The smallest absolute Gasteiger partial charge is 0.222 e. The third-order valence-corrected chi connectivity index (χ3v) is 5.35. The number of aromatic nitrogens is 3. The summed E-state index contributed by atoms with van der Waals surface area (Å²) in [6.45, 7) is 1.70. The highest BCUT2D eigenvalue weighted by Gasteiger charge is 2.32. The van der Waals surface area contributed by atoms with Gasteiger partial charge in [0.1, 0.15) is 0 Å². The van der Waals surface area contributed by atoms with Crippen LogP contribution in [0.1, 0.15) is 69.0 Å². The van der Waals surface area contributed by atoms with Gasteiger partial charge in [-0.05, 0) is 38.0 Å². The average Bonchev–Trinajstić information content (AvgIpc) is 2.94. The molecule has 0 spiro atoms. The second-order valence-corrected chi connectivity index (χ2v) is 7.03. The highest BCUT2D eigenvalue weighted by atomic mass is 16.2. The van der Waals surface area contributed by atoms with E-state index >= 15 is 0 Å². The lowest BCUT2D eigenvalue weighted by atomic mass is 10.0. The monoisotopic (exact) mass is 288 g/mol. The summed E-state index contributed by atoms with van der Waals surface area (Å²) < 4.78 is 2.00. The minimum Gasteiger partial charge on any atom is -0.340 e. The standard InChI is InChI=1S/C16H24N4O/c21-16(9-12-3-1-2-4-12)19-8-7-14(10-19)20-11-15(17-18-20)13-5-6-13/h11-14H,1-10H2/t14-/m1/s1. The van der Waals surface area contributed by atoms with Gasteiger partial charge in [-0.2, -0.15) is 0 Å². The normalized spacial score (nSPS) is 26.7. The van der Waals surface area contributed by atoms with Crippen LogP contribution < -0.4 is 0 Å². The van der Waals surface area contributed by atoms with Crippen molar-refractivity contribution in [1.82, 2.24) is 19.9 Å². The number of carbonyl (C=O) groups is 1. The van der Waals surface area contributed by atoms with Gasteiger partial charge >= 0.3 is 0 Å². The first-order valence-corrected chi connectivity index (χ1v) is 8.49. The number of carbonyl (C=O) groups excluding carboxylic acids is 1. The van der Waals surface area contributed by atoms with Crippen molar-refractivity contribution >= 4 is 5.91 Å². The molecule has 21 heavy (non-hydrogen) atoms. The molecule has 0 aromatic carbocycles. The van der Waals surface area contributed by atoms with Crippen LogP contribution in [-0.2, 0) is 4.79 Å². The van der Waals surface area contributed by atoms with E-state index in [9.17, 15) is 4.79 Å². The van der Waals surface area contributed by atoms with Gasteiger partial charge in [-0.15, -0.1) is 5.10 Å². The van der Waals surface area contributed by atoms with E-state index in [4.69, 9.17) is 0 Å². The Balaban J connectivity index is 1.33. The molecule has 4 rings (SSSR count). The molecule has 1 saturated heterocycles. The number of hydrogen-bond acceptors (Lipinski definition) is 3. The lowest BCUT2D eigenvalue weighted by Crippen LogP contribution is -2.30. The quantitative estimate of drug-likeness (QED) is 0.855. The number of hydrogen-bond donors (Lipinski definition) is 0. The molecule has 0 unspecified atom stereocenters. The fourth-order valence-electron chi connectivity index (χ4n) is 3.81. The van der Waals surface area contributed by atoms with Crippen molar-refractivity contribution in [3.05, 3.63) is 11.9 Å². The summed E-state index contributed by atoms with van der Waals surface area (Å²) in [4.78, 5) is 14.4. The van der Waals surface area contributed by atoms with Crippen LogP contribution in [0, 0.1) is 5.92 Å². The van der Waals surface area contributed by atoms with Gasteiger partial charge < -0.3 is 4.90 Å². The van der Waals surface area contributed by atoms with Crippen LogP contribution in [0.15, 0.2) is 6.20 Å². The molecule has 2 heterocycles. The molecule has 2 aliphatic carbocycles. The van der Waals surface area contributed by atoms with E-state index in [-0.39, 0.29) is 0 Å². The van der Waals surface area contributed by atoms with Gasteiger partial charge in [0.2, 0.25) is 5.91 Å². The van der Waals surface area contributed by atoms with Crippen molar-refractivity contribution in [1.29, 1.82) is 0 Å². The maximum absolute atomic E-state index is 12.4. The third-order valence-electron chi connectivity index (χ3n) is 5.35. The lowest BCUT2D eigenvalue weighted by Gasteiger charge is -2.18. The molecule has 1 aromatic rings.